The molecule has 42 heavy (non-hydrogen) atoms. The highest BCUT2D eigenvalue weighted by molar-refractivity contribution is 5.92. The minimum Gasteiger partial charge on any atom is -0.489 e. The largest absolute Gasteiger partial charge is 0.489 e. The van der Waals surface area contributed by atoms with E-state index in [0.29, 0.717) is 23.4 Å². The van der Waals surface area contributed by atoms with Gasteiger partial charge in [0.1, 0.15) is 5.69 Å². The van der Waals surface area contributed by atoms with E-state index >= 15 is 0 Å². The van der Waals surface area contributed by atoms with Crippen LogP contribution in [-0.4, -0.2) is 43.4 Å². The van der Waals surface area contributed by atoms with Crippen LogP contribution in [0.1, 0.15) is 65.6 Å². The highest BCUT2D eigenvalue weighted by Crippen LogP contribution is 2.67. The Hall–Kier alpha value is -4.61. The first-order valence-electron chi connectivity index (χ1n) is 13.8. The van der Waals surface area contributed by atoms with E-state index in [1.165, 1.54) is 12.3 Å². The minimum absolute atomic E-state index is 0.0440. The average Bonchev–Trinajstić information content (AvgIpc) is 3.25. The fourth-order valence-electron chi connectivity index (χ4n) is 6.53. The third-order valence-corrected chi connectivity index (χ3v) is 8.70. The van der Waals surface area contributed by atoms with Gasteiger partial charge >= 0.3 is 0 Å². The van der Waals surface area contributed by atoms with Gasteiger partial charge in [-0.25, -0.2) is 4.39 Å². The fraction of sp³-hybridized carbons (Fsp3) is 0.367. The monoisotopic (exact) mass is 575 g/mol. The number of nitrogens with one attached hydrogen (secondary N) is 2. The molecule has 4 unspecified atom stereocenters. The number of anilines is 1. The lowest BCUT2D eigenvalue weighted by Crippen LogP contribution is -2.33. The molecule has 1 aromatic carbocycles. The maximum atomic E-state index is 14.8. The maximum absolute atomic E-state index is 14.8. The van der Waals surface area contributed by atoms with E-state index in [1.807, 2.05) is 26.8 Å². The van der Waals surface area contributed by atoms with Crippen molar-refractivity contribution in [3.8, 4) is 17.0 Å². The van der Waals surface area contributed by atoms with Crippen molar-refractivity contribution in [2.45, 2.75) is 52.0 Å². The summed E-state index contributed by atoms with van der Waals surface area (Å²) in [7, 11) is 0. The Morgan fingerprint density at radius 1 is 1.24 bits per heavy atom. The van der Waals surface area contributed by atoms with Crippen LogP contribution in [-0.2, 0) is 4.79 Å². The molecule has 1 aliphatic carbocycles. The van der Waals surface area contributed by atoms with Crippen molar-refractivity contribution in [2.24, 2.45) is 17.1 Å². The number of nitrogens with two attached hydrogens (primary N) is 1. The van der Waals surface area contributed by atoms with Crippen molar-refractivity contribution < 1.29 is 23.1 Å². The Bertz CT molecular complexity index is 1660. The van der Waals surface area contributed by atoms with Gasteiger partial charge in [-0.05, 0) is 63.8 Å². The summed E-state index contributed by atoms with van der Waals surface area (Å²) in [5.41, 5.74) is 9.73. The number of aryl methyl sites for hydroxylation is 2. The number of aromatic amines is 1. The van der Waals surface area contributed by atoms with Crippen LogP contribution in [0.15, 0.2) is 42.7 Å². The molecule has 1 spiro atoms. The average molecular weight is 576 g/mol. The highest BCUT2D eigenvalue weighted by atomic mass is 19.2. The van der Waals surface area contributed by atoms with Crippen LogP contribution >= 0.6 is 0 Å². The summed E-state index contributed by atoms with van der Waals surface area (Å²) in [5, 5.41) is 14.3. The predicted molar refractivity (Wildman–Crippen MR) is 150 cm³/mol. The van der Waals surface area contributed by atoms with Crippen molar-refractivity contribution >= 4 is 17.5 Å². The Morgan fingerprint density at radius 3 is 2.74 bits per heavy atom. The summed E-state index contributed by atoms with van der Waals surface area (Å²) < 4.78 is 36.3. The third-order valence-electron chi connectivity index (χ3n) is 8.70. The summed E-state index contributed by atoms with van der Waals surface area (Å²) >= 11 is 0. The zero-order chi connectivity index (χ0) is 29.8. The second-order valence-corrected chi connectivity index (χ2v) is 11.4. The molecular formula is C30H31F2N7O3. The van der Waals surface area contributed by atoms with E-state index in [2.05, 4.69) is 25.6 Å². The normalized spacial score (nSPS) is 21.5. The molecule has 2 aliphatic rings. The summed E-state index contributed by atoms with van der Waals surface area (Å²) in [6.07, 6.45) is 4.52. The number of carbonyl (C=O) groups excluding carboxylic acids is 2. The molecule has 4 atom stereocenters. The van der Waals surface area contributed by atoms with Gasteiger partial charge in [-0.15, -0.1) is 0 Å². The smallest absolute Gasteiger partial charge is 0.266 e. The lowest BCUT2D eigenvalue weighted by Gasteiger charge is -2.35. The number of benzene rings is 1. The molecule has 1 saturated carbocycles. The van der Waals surface area contributed by atoms with Gasteiger partial charge in [-0.3, -0.25) is 24.4 Å². The van der Waals surface area contributed by atoms with Crippen LogP contribution in [0.2, 0.25) is 0 Å². The first-order chi connectivity index (χ1) is 20.1. The molecule has 10 nitrogen and oxygen atoms in total. The number of hydrogen-bond acceptors (Lipinski definition) is 6. The number of pyridine rings is 1. The van der Waals surface area contributed by atoms with Gasteiger partial charge in [0, 0.05) is 40.8 Å². The molecule has 218 valence electrons. The maximum Gasteiger partial charge on any atom is 0.266 e. The Balaban J connectivity index is 1.23. The highest BCUT2D eigenvalue weighted by Gasteiger charge is 2.62. The summed E-state index contributed by atoms with van der Waals surface area (Å²) in [5.74, 6) is -3.35. The van der Waals surface area contributed by atoms with E-state index in [1.54, 1.807) is 23.0 Å². The first kappa shape index (κ1) is 27.6. The van der Waals surface area contributed by atoms with Crippen LogP contribution in [0.3, 0.4) is 0 Å². The number of aromatic nitrogens is 5. The summed E-state index contributed by atoms with van der Waals surface area (Å²) in [6, 6.07) is 7.60. The van der Waals surface area contributed by atoms with Crippen molar-refractivity contribution in [3.05, 3.63) is 77.0 Å². The number of primary amides is 1. The molecule has 4 heterocycles. The second kappa shape index (κ2) is 10.3. The van der Waals surface area contributed by atoms with Crippen molar-refractivity contribution in [2.75, 3.05) is 11.9 Å². The van der Waals surface area contributed by atoms with Crippen LogP contribution < -0.4 is 15.8 Å². The van der Waals surface area contributed by atoms with Crippen LogP contribution in [0.25, 0.3) is 11.3 Å². The number of ether oxygens (including phenoxy) is 1. The van der Waals surface area contributed by atoms with E-state index < -0.39 is 28.9 Å². The van der Waals surface area contributed by atoms with Gasteiger partial charge in [0.05, 0.1) is 35.9 Å². The van der Waals surface area contributed by atoms with Gasteiger partial charge < -0.3 is 15.8 Å². The van der Waals surface area contributed by atoms with E-state index in [0.717, 1.165) is 35.1 Å². The van der Waals surface area contributed by atoms with Gasteiger partial charge in [-0.2, -0.15) is 14.6 Å². The Morgan fingerprint density at radius 2 is 2.05 bits per heavy atom. The van der Waals surface area contributed by atoms with E-state index in [4.69, 9.17) is 10.5 Å². The van der Waals surface area contributed by atoms with Gasteiger partial charge in [0.25, 0.3) is 5.91 Å². The van der Waals surface area contributed by atoms with E-state index in [-0.39, 0.29) is 36.6 Å². The lowest BCUT2D eigenvalue weighted by atomic mass is 9.76. The number of rotatable bonds is 8. The lowest BCUT2D eigenvalue weighted by molar-refractivity contribution is -0.117. The predicted octanol–water partition coefficient (Wildman–Crippen LogP) is 4.82. The number of hydrogen-bond donors (Lipinski definition) is 3. The molecule has 4 aromatic rings. The van der Waals surface area contributed by atoms with Crippen LogP contribution in [0.4, 0.5) is 14.5 Å². The van der Waals surface area contributed by atoms with E-state index in [9.17, 15) is 18.4 Å². The summed E-state index contributed by atoms with van der Waals surface area (Å²) in [4.78, 5) is 29.7. The van der Waals surface area contributed by atoms with Gasteiger partial charge in [0.2, 0.25) is 11.7 Å². The molecular weight excluding hydrogens is 544 g/mol. The topological polar surface area (TPSA) is 141 Å². The van der Waals surface area contributed by atoms with Crippen molar-refractivity contribution in [1.82, 2.24) is 25.0 Å². The zero-order valence-corrected chi connectivity index (χ0v) is 23.4. The standard InChI is InChI=1S/C30H31F2N7O3/c1-15(39-24(29(33)41)8-9-35-39)10-18-12-30(18)14-42-28-20(5-6-22(31)27(28)32)21(30)11-25(40)36-19-4-7-23(34-13-19)26-16(2)37-38-17(26)3/h4-9,13,15,18,21H,10-12,14H2,1-3H3,(H2,33,41)(H,36,40)(H,37,38). The zero-order valence-electron chi connectivity index (χ0n) is 23.4. The molecule has 0 radical (unpaired) electrons. The fourth-order valence-corrected chi connectivity index (χ4v) is 6.53. The number of halogens is 2. The Labute approximate surface area is 240 Å². The number of fused-ring (bicyclic) bond motifs is 1. The summed E-state index contributed by atoms with van der Waals surface area (Å²) in [6.45, 7) is 5.91. The molecule has 12 heteroatoms. The number of H-pyrrole nitrogens is 1. The van der Waals surface area contributed by atoms with Crippen molar-refractivity contribution in [3.63, 3.8) is 0 Å². The van der Waals surface area contributed by atoms with Crippen LogP contribution in [0, 0.1) is 36.8 Å². The molecule has 3 aromatic heterocycles. The molecule has 1 fully saturated rings. The van der Waals surface area contributed by atoms with Gasteiger partial charge in [0.15, 0.2) is 11.6 Å². The Kier molecular flexibility index (Phi) is 6.78. The molecule has 1 aliphatic heterocycles. The molecule has 0 saturated heterocycles. The van der Waals surface area contributed by atoms with Crippen LogP contribution in [0.5, 0.6) is 5.75 Å². The minimum atomic E-state index is -1.05. The third kappa shape index (κ3) is 4.70. The second-order valence-electron chi connectivity index (χ2n) is 11.4. The SMILES string of the molecule is Cc1n[nH]c(C)c1-c1ccc(NC(=O)CC2c3ccc(F)c(F)c3OCC23CC3CC(C)n2nccc2C(N)=O)cn1. The van der Waals surface area contributed by atoms with Gasteiger partial charge in [-0.1, -0.05) is 6.07 Å². The first-order valence-corrected chi connectivity index (χ1v) is 13.8. The quantitative estimate of drug-likeness (QED) is 0.275. The van der Waals surface area contributed by atoms with Crippen molar-refractivity contribution in [1.29, 1.82) is 0 Å². The molecule has 2 amide bonds. The number of nitrogens with zero attached hydrogens (tertiary/aromatic N) is 4. The molecule has 6 rings (SSSR count). The number of amides is 2. The number of carbonyl (C=O) groups is 2. The molecule has 0 bridgehead atoms. The molecule has 4 N–H and O–H groups in total.